The molecule has 18 heavy (non-hydrogen) atoms. The van der Waals surface area contributed by atoms with Crippen LogP contribution in [0.15, 0.2) is 18.2 Å². The van der Waals surface area contributed by atoms with Crippen LogP contribution in [0.1, 0.15) is 20.8 Å². The Bertz CT molecular complexity index is 614. The molecule has 0 spiro atoms. The number of aryl methyl sites for hydroxylation is 1. The van der Waals surface area contributed by atoms with Crippen molar-refractivity contribution in [1.29, 1.82) is 0 Å². The van der Waals surface area contributed by atoms with Crippen molar-refractivity contribution >= 4 is 27.4 Å². The van der Waals surface area contributed by atoms with Gasteiger partial charge in [0.05, 0.1) is 12.7 Å². The van der Waals surface area contributed by atoms with E-state index in [4.69, 9.17) is 0 Å². The summed E-state index contributed by atoms with van der Waals surface area (Å²) in [7, 11) is 1.24. The molecule has 0 N–H and O–H groups in total. The van der Waals surface area contributed by atoms with Crippen LogP contribution in [0.2, 0.25) is 0 Å². The topological polar surface area (TPSA) is 26.3 Å². The average Bonchev–Trinajstić information content (AvgIpc) is 2.64. The standard InChI is InChI=1S/C12H9F3O2S/c1-6-8-4-3-7(12(13,14)15)5-9(8)18-10(6)11(16)17-2/h3-5H,1-2H3. The fourth-order valence-corrected chi connectivity index (χ4v) is 2.86. The molecule has 0 saturated heterocycles. The molecule has 0 aliphatic rings. The molecule has 2 nitrogen and oxygen atoms in total. The Hall–Kier alpha value is -1.56. The number of carbonyl (C=O) groups is 1. The number of carbonyl (C=O) groups excluding carboxylic acids is 1. The predicted molar refractivity (Wildman–Crippen MR) is 62.9 cm³/mol. The van der Waals surface area contributed by atoms with Gasteiger partial charge in [0, 0.05) is 4.70 Å². The zero-order chi connectivity index (χ0) is 13.5. The maximum Gasteiger partial charge on any atom is 0.416 e. The third-order valence-electron chi connectivity index (χ3n) is 2.64. The lowest BCUT2D eigenvalue weighted by Gasteiger charge is -2.05. The molecule has 1 aromatic heterocycles. The van der Waals surface area contributed by atoms with E-state index in [1.165, 1.54) is 13.2 Å². The first kappa shape index (κ1) is 12.9. The van der Waals surface area contributed by atoms with Crippen LogP contribution in [0, 0.1) is 6.92 Å². The number of methoxy groups -OCH3 is 1. The molecule has 0 amide bonds. The first-order valence-corrected chi connectivity index (χ1v) is 5.85. The van der Waals surface area contributed by atoms with Crippen molar-refractivity contribution in [2.75, 3.05) is 7.11 Å². The minimum Gasteiger partial charge on any atom is -0.465 e. The summed E-state index contributed by atoms with van der Waals surface area (Å²) in [5, 5.41) is 0.647. The molecular formula is C12H9F3O2S. The molecule has 0 saturated carbocycles. The summed E-state index contributed by atoms with van der Waals surface area (Å²) in [6.45, 7) is 1.69. The van der Waals surface area contributed by atoms with Crippen LogP contribution in [0.25, 0.3) is 10.1 Å². The Morgan fingerprint density at radius 1 is 1.33 bits per heavy atom. The molecule has 1 heterocycles. The van der Waals surface area contributed by atoms with Crippen LogP contribution in [0.3, 0.4) is 0 Å². The molecule has 6 heteroatoms. The van der Waals surface area contributed by atoms with Gasteiger partial charge in [-0.15, -0.1) is 11.3 Å². The summed E-state index contributed by atoms with van der Waals surface area (Å²) in [4.78, 5) is 11.8. The van der Waals surface area contributed by atoms with Crippen LogP contribution in [0.5, 0.6) is 0 Å². The first-order chi connectivity index (χ1) is 8.34. The normalized spacial score (nSPS) is 11.8. The smallest absolute Gasteiger partial charge is 0.416 e. The predicted octanol–water partition coefficient (Wildman–Crippen LogP) is 4.02. The number of fused-ring (bicyclic) bond motifs is 1. The lowest BCUT2D eigenvalue weighted by molar-refractivity contribution is -0.137. The molecule has 0 atom stereocenters. The minimum atomic E-state index is -4.38. The molecule has 0 bridgehead atoms. The Kier molecular flexibility index (Phi) is 3.06. The molecule has 1 aromatic carbocycles. The van der Waals surface area contributed by atoms with Gasteiger partial charge < -0.3 is 4.74 Å². The van der Waals surface area contributed by atoms with E-state index in [0.717, 1.165) is 23.5 Å². The second-order valence-corrected chi connectivity index (χ2v) is 4.81. The highest BCUT2D eigenvalue weighted by molar-refractivity contribution is 7.21. The van der Waals surface area contributed by atoms with Crippen LogP contribution in [-0.2, 0) is 10.9 Å². The molecule has 2 rings (SSSR count). The summed E-state index contributed by atoms with van der Waals surface area (Å²) in [5.41, 5.74) is -0.0664. The van der Waals surface area contributed by atoms with Gasteiger partial charge in [0.25, 0.3) is 0 Å². The molecule has 96 valence electrons. The lowest BCUT2D eigenvalue weighted by atomic mass is 10.1. The SMILES string of the molecule is COC(=O)c1sc2cc(C(F)(F)F)ccc2c1C. The van der Waals surface area contributed by atoms with Gasteiger partial charge in [0.15, 0.2) is 0 Å². The van der Waals surface area contributed by atoms with Crippen molar-refractivity contribution in [3.8, 4) is 0 Å². The summed E-state index contributed by atoms with van der Waals surface area (Å²) in [6.07, 6.45) is -4.38. The molecular weight excluding hydrogens is 265 g/mol. The number of ether oxygens (including phenoxy) is 1. The van der Waals surface area contributed by atoms with Crippen LogP contribution >= 0.6 is 11.3 Å². The third kappa shape index (κ3) is 2.08. The number of hydrogen-bond donors (Lipinski definition) is 0. The van der Waals surface area contributed by atoms with Crippen molar-refractivity contribution in [3.05, 3.63) is 34.2 Å². The van der Waals surface area contributed by atoms with Crippen molar-refractivity contribution in [2.24, 2.45) is 0 Å². The van der Waals surface area contributed by atoms with Crippen LogP contribution < -0.4 is 0 Å². The Labute approximate surface area is 105 Å². The Morgan fingerprint density at radius 2 is 2.00 bits per heavy atom. The number of benzene rings is 1. The van der Waals surface area contributed by atoms with Crippen molar-refractivity contribution in [1.82, 2.24) is 0 Å². The number of esters is 1. The zero-order valence-electron chi connectivity index (χ0n) is 9.59. The van der Waals surface area contributed by atoms with Gasteiger partial charge in [-0.1, -0.05) is 6.07 Å². The number of alkyl halides is 3. The average molecular weight is 274 g/mol. The quantitative estimate of drug-likeness (QED) is 0.734. The van der Waals surface area contributed by atoms with Gasteiger partial charge in [-0.2, -0.15) is 13.2 Å². The van der Waals surface area contributed by atoms with Gasteiger partial charge in [-0.25, -0.2) is 4.79 Å². The van der Waals surface area contributed by atoms with Crippen LogP contribution in [-0.4, -0.2) is 13.1 Å². The summed E-state index contributed by atoms with van der Waals surface area (Å²) < 4.78 is 42.7. The van der Waals surface area contributed by atoms with E-state index in [1.807, 2.05) is 0 Å². The van der Waals surface area contributed by atoms with Crippen molar-refractivity contribution in [3.63, 3.8) is 0 Å². The van der Waals surface area contributed by atoms with Crippen LogP contribution in [0.4, 0.5) is 13.2 Å². The van der Waals surface area contributed by atoms with E-state index in [1.54, 1.807) is 6.92 Å². The van der Waals surface area contributed by atoms with Crippen molar-refractivity contribution < 1.29 is 22.7 Å². The largest absolute Gasteiger partial charge is 0.465 e. The van der Waals surface area contributed by atoms with E-state index in [-0.39, 0.29) is 0 Å². The molecule has 0 radical (unpaired) electrons. The van der Waals surface area contributed by atoms with E-state index >= 15 is 0 Å². The Morgan fingerprint density at radius 3 is 2.56 bits per heavy atom. The molecule has 0 aliphatic carbocycles. The summed E-state index contributed by atoms with van der Waals surface area (Å²) in [6, 6.07) is 3.46. The van der Waals surface area contributed by atoms with Gasteiger partial charge in [-0.3, -0.25) is 0 Å². The lowest BCUT2D eigenvalue weighted by Crippen LogP contribution is -2.03. The highest BCUT2D eigenvalue weighted by Gasteiger charge is 2.31. The van der Waals surface area contributed by atoms with E-state index in [2.05, 4.69) is 4.74 Å². The zero-order valence-corrected chi connectivity index (χ0v) is 10.4. The highest BCUT2D eigenvalue weighted by Crippen LogP contribution is 2.36. The monoisotopic (exact) mass is 274 g/mol. The van der Waals surface area contributed by atoms with Gasteiger partial charge in [0.2, 0.25) is 0 Å². The first-order valence-electron chi connectivity index (χ1n) is 5.03. The number of rotatable bonds is 1. The number of halogens is 3. The van der Waals surface area contributed by atoms with E-state index in [9.17, 15) is 18.0 Å². The third-order valence-corrected chi connectivity index (χ3v) is 3.87. The van der Waals surface area contributed by atoms with Gasteiger partial charge in [0.1, 0.15) is 4.88 Å². The van der Waals surface area contributed by atoms with E-state index < -0.39 is 17.7 Å². The Balaban J connectivity index is 2.62. The molecule has 2 aromatic rings. The molecule has 0 aliphatic heterocycles. The number of hydrogen-bond acceptors (Lipinski definition) is 3. The molecule has 0 unspecified atom stereocenters. The highest BCUT2D eigenvalue weighted by atomic mass is 32.1. The van der Waals surface area contributed by atoms with E-state index in [0.29, 0.717) is 20.5 Å². The van der Waals surface area contributed by atoms with Gasteiger partial charge >= 0.3 is 12.1 Å². The number of thiophene rings is 1. The minimum absolute atomic E-state index is 0.340. The maximum atomic E-state index is 12.6. The fraction of sp³-hybridized carbons (Fsp3) is 0.250. The van der Waals surface area contributed by atoms with Gasteiger partial charge in [-0.05, 0) is 30.0 Å². The summed E-state index contributed by atoms with van der Waals surface area (Å²) >= 11 is 1.01. The fourth-order valence-electron chi connectivity index (χ4n) is 1.69. The maximum absolute atomic E-state index is 12.6. The second kappa shape index (κ2) is 4.28. The second-order valence-electron chi connectivity index (χ2n) is 3.76. The summed E-state index contributed by atoms with van der Waals surface area (Å²) in [5.74, 6) is -0.526. The molecule has 0 fully saturated rings. The van der Waals surface area contributed by atoms with Crippen molar-refractivity contribution in [2.45, 2.75) is 13.1 Å².